The molecule has 3 aromatic carbocycles. The molecular weight excluding hydrogens is 538 g/mol. The number of nitrogens with zero attached hydrogens (tertiary/aromatic N) is 1. The molecule has 3 aromatic rings. The van der Waals surface area contributed by atoms with Crippen LogP contribution in [0.5, 0.6) is 0 Å². The van der Waals surface area contributed by atoms with Crippen LogP contribution in [0.2, 0.25) is 0 Å². The fraction of sp³-hybridized carbons (Fsp3) is 0.320. The van der Waals surface area contributed by atoms with Crippen molar-refractivity contribution in [3.05, 3.63) is 60.7 Å². The van der Waals surface area contributed by atoms with Crippen LogP contribution in [0.1, 0.15) is 13.8 Å². The Balaban J connectivity index is 1.62. The highest BCUT2D eigenvalue weighted by atomic mass is 35.5. The molecule has 1 fully saturated rings. The van der Waals surface area contributed by atoms with Gasteiger partial charge in [-0.2, -0.15) is 4.31 Å². The topological polar surface area (TPSA) is 122 Å². The Labute approximate surface area is 221 Å². The van der Waals surface area contributed by atoms with E-state index in [0.29, 0.717) is 24.3 Å². The molecular formula is C25H28ClN3O6S2. The molecule has 0 aromatic heterocycles. The summed E-state index contributed by atoms with van der Waals surface area (Å²) >= 11 is 5.85. The number of anilines is 2. The molecule has 0 unspecified atom stereocenters. The Morgan fingerprint density at radius 1 is 0.892 bits per heavy atom. The number of alkyl halides is 1. The average Bonchev–Trinajstić information content (AvgIpc) is 2.89. The molecule has 2 N–H and O–H groups in total. The van der Waals surface area contributed by atoms with Gasteiger partial charge in [0.2, 0.25) is 15.9 Å². The number of nitrogens with one attached hydrogen (secondary N) is 2. The van der Waals surface area contributed by atoms with Crippen molar-refractivity contribution in [2.75, 3.05) is 42.2 Å². The van der Waals surface area contributed by atoms with Crippen molar-refractivity contribution in [1.29, 1.82) is 0 Å². The van der Waals surface area contributed by atoms with Crippen LogP contribution in [0.3, 0.4) is 0 Å². The largest absolute Gasteiger partial charge is 0.379 e. The van der Waals surface area contributed by atoms with Crippen LogP contribution in [0.15, 0.2) is 70.5 Å². The number of fused-ring (bicyclic) bond motifs is 1. The summed E-state index contributed by atoms with van der Waals surface area (Å²) < 4.78 is 62.4. The van der Waals surface area contributed by atoms with Gasteiger partial charge in [-0.15, -0.1) is 11.6 Å². The highest BCUT2D eigenvalue weighted by Gasteiger charge is 2.29. The van der Waals surface area contributed by atoms with Crippen molar-refractivity contribution >= 4 is 59.7 Å². The summed E-state index contributed by atoms with van der Waals surface area (Å²) in [5, 5.41) is 3.36. The summed E-state index contributed by atoms with van der Waals surface area (Å²) in [5.74, 6) is -0.105. The van der Waals surface area contributed by atoms with Gasteiger partial charge in [0.1, 0.15) is 0 Å². The first-order valence-electron chi connectivity index (χ1n) is 11.6. The lowest BCUT2D eigenvalue weighted by atomic mass is 9.95. The Bertz CT molecular complexity index is 1520. The van der Waals surface area contributed by atoms with Gasteiger partial charge < -0.3 is 10.1 Å². The molecule has 1 aliphatic rings. The third-order valence-corrected chi connectivity index (χ3v) is 10.1. The van der Waals surface area contributed by atoms with Gasteiger partial charge in [0, 0.05) is 41.1 Å². The normalized spacial score (nSPS) is 15.4. The van der Waals surface area contributed by atoms with E-state index in [1.807, 2.05) is 0 Å². The zero-order valence-corrected chi connectivity index (χ0v) is 22.8. The van der Waals surface area contributed by atoms with Crippen LogP contribution in [0, 0.1) is 5.41 Å². The molecule has 0 spiro atoms. The Morgan fingerprint density at radius 3 is 2.03 bits per heavy atom. The van der Waals surface area contributed by atoms with Gasteiger partial charge in [-0.1, -0.05) is 24.3 Å². The second-order valence-corrected chi connectivity index (χ2v) is 13.1. The molecule has 1 aliphatic heterocycles. The first-order chi connectivity index (χ1) is 17.5. The van der Waals surface area contributed by atoms with E-state index in [4.69, 9.17) is 16.3 Å². The van der Waals surface area contributed by atoms with Crippen molar-refractivity contribution in [2.45, 2.75) is 23.6 Å². The zero-order chi connectivity index (χ0) is 26.8. The number of benzene rings is 3. The lowest BCUT2D eigenvalue weighted by Gasteiger charge is -2.26. The number of amides is 1. The molecule has 4 rings (SSSR count). The van der Waals surface area contributed by atoms with E-state index in [1.54, 1.807) is 38.1 Å². The molecule has 9 nitrogen and oxygen atoms in total. The second kappa shape index (κ2) is 10.6. The van der Waals surface area contributed by atoms with E-state index >= 15 is 0 Å². The van der Waals surface area contributed by atoms with Gasteiger partial charge in [-0.25, -0.2) is 16.8 Å². The summed E-state index contributed by atoms with van der Waals surface area (Å²) in [7, 11) is -7.92. The number of hydrogen-bond acceptors (Lipinski definition) is 6. The monoisotopic (exact) mass is 565 g/mol. The molecule has 0 atom stereocenters. The quantitative estimate of drug-likeness (QED) is 0.400. The highest BCUT2D eigenvalue weighted by molar-refractivity contribution is 7.93. The minimum absolute atomic E-state index is 0.0453. The standard InChI is InChI=1S/C25H28ClN3O6S2/c1-25(2,17-26)24(30)27-18-9-11-19(12-10-18)28-36(31,32)22-7-3-6-21-20(22)5-4-8-23(21)37(33,34)29-13-15-35-16-14-29/h3-12,28H,13-17H2,1-2H3,(H,27,30). The summed E-state index contributed by atoms with van der Waals surface area (Å²) in [5.41, 5.74) is 0.0163. The molecule has 1 saturated heterocycles. The van der Waals surface area contributed by atoms with E-state index in [-0.39, 0.29) is 45.7 Å². The molecule has 0 aliphatic carbocycles. The Hall–Kier alpha value is -2.70. The van der Waals surface area contributed by atoms with Gasteiger partial charge >= 0.3 is 0 Å². The SMILES string of the molecule is CC(C)(CCl)C(=O)Nc1ccc(NS(=O)(=O)c2cccc3c(S(=O)(=O)N4CCOCC4)cccc23)cc1. The van der Waals surface area contributed by atoms with Gasteiger partial charge in [0.15, 0.2) is 0 Å². The van der Waals surface area contributed by atoms with Gasteiger partial charge in [-0.3, -0.25) is 9.52 Å². The van der Waals surface area contributed by atoms with Crippen molar-refractivity contribution in [2.24, 2.45) is 5.41 Å². The van der Waals surface area contributed by atoms with Crippen LogP contribution in [0.25, 0.3) is 10.8 Å². The fourth-order valence-corrected chi connectivity index (χ4v) is 6.85. The van der Waals surface area contributed by atoms with Crippen LogP contribution >= 0.6 is 11.6 Å². The molecule has 12 heteroatoms. The van der Waals surface area contributed by atoms with Gasteiger partial charge in [0.25, 0.3) is 10.0 Å². The minimum atomic E-state index is -4.07. The van der Waals surface area contributed by atoms with Crippen LogP contribution in [-0.2, 0) is 29.6 Å². The smallest absolute Gasteiger partial charge is 0.262 e. The maximum Gasteiger partial charge on any atom is 0.262 e. The number of sulfonamides is 2. The highest BCUT2D eigenvalue weighted by Crippen LogP contribution is 2.31. The molecule has 1 amide bonds. The fourth-order valence-electron chi connectivity index (χ4n) is 3.83. The third kappa shape index (κ3) is 5.75. The Morgan fingerprint density at radius 2 is 1.43 bits per heavy atom. The first-order valence-corrected chi connectivity index (χ1v) is 15.0. The number of carbonyl (C=O) groups excluding carboxylic acids is 1. The summed E-state index contributed by atoms with van der Waals surface area (Å²) in [6.45, 7) is 4.52. The number of halogens is 1. The van der Waals surface area contributed by atoms with Gasteiger partial charge in [0.05, 0.1) is 28.4 Å². The number of morpholine rings is 1. The first kappa shape index (κ1) is 27.3. The predicted molar refractivity (Wildman–Crippen MR) is 144 cm³/mol. The summed E-state index contributed by atoms with van der Waals surface area (Å²) in [4.78, 5) is 12.3. The third-order valence-electron chi connectivity index (χ3n) is 6.06. The number of ether oxygens (including phenoxy) is 1. The maximum atomic E-state index is 13.3. The predicted octanol–water partition coefficient (Wildman–Crippen LogP) is 3.87. The zero-order valence-electron chi connectivity index (χ0n) is 20.4. The van der Waals surface area contributed by atoms with E-state index in [2.05, 4.69) is 10.0 Å². The number of rotatable bonds is 8. The van der Waals surface area contributed by atoms with E-state index in [1.165, 1.54) is 40.7 Å². The average molecular weight is 566 g/mol. The van der Waals surface area contributed by atoms with Crippen LogP contribution in [-0.4, -0.2) is 59.2 Å². The van der Waals surface area contributed by atoms with E-state index in [0.717, 1.165) is 0 Å². The second-order valence-electron chi connectivity index (χ2n) is 9.28. The number of hydrogen-bond donors (Lipinski definition) is 2. The molecule has 1 heterocycles. The Kier molecular flexibility index (Phi) is 7.82. The molecule has 198 valence electrons. The molecule has 0 radical (unpaired) electrons. The van der Waals surface area contributed by atoms with Crippen LogP contribution < -0.4 is 10.0 Å². The lowest BCUT2D eigenvalue weighted by molar-refractivity contribution is -0.122. The maximum absolute atomic E-state index is 13.3. The van der Waals surface area contributed by atoms with E-state index < -0.39 is 25.5 Å². The van der Waals surface area contributed by atoms with Crippen molar-refractivity contribution in [3.63, 3.8) is 0 Å². The van der Waals surface area contributed by atoms with E-state index in [9.17, 15) is 21.6 Å². The van der Waals surface area contributed by atoms with Crippen molar-refractivity contribution < 1.29 is 26.4 Å². The lowest BCUT2D eigenvalue weighted by Crippen LogP contribution is -2.40. The van der Waals surface area contributed by atoms with Crippen molar-refractivity contribution in [3.8, 4) is 0 Å². The van der Waals surface area contributed by atoms with Crippen LogP contribution in [0.4, 0.5) is 11.4 Å². The van der Waals surface area contributed by atoms with Gasteiger partial charge in [-0.05, 0) is 50.2 Å². The molecule has 0 bridgehead atoms. The molecule has 0 saturated carbocycles. The summed E-state index contributed by atoms with van der Waals surface area (Å²) in [6.07, 6.45) is 0. The number of carbonyl (C=O) groups is 1. The molecule has 37 heavy (non-hydrogen) atoms. The summed E-state index contributed by atoms with van der Waals surface area (Å²) in [6, 6.07) is 15.4. The van der Waals surface area contributed by atoms with Crippen molar-refractivity contribution in [1.82, 2.24) is 4.31 Å². The minimum Gasteiger partial charge on any atom is -0.379 e.